The van der Waals surface area contributed by atoms with Crippen LogP contribution >= 0.6 is 0 Å². The number of aromatic amines is 1. The fraction of sp³-hybridized carbons (Fsp3) is 0.421. The van der Waals surface area contributed by atoms with Crippen LogP contribution in [0.4, 0.5) is 4.79 Å². The summed E-state index contributed by atoms with van der Waals surface area (Å²) < 4.78 is 0. The van der Waals surface area contributed by atoms with Gasteiger partial charge in [-0.1, -0.05) is 0 Å². The van der Waals surface area contributed by atoms with Gasteiger partial charge in [0.1, 0.15) is 5.65 Å². The average molecular weight is 337 g/mol. The predicted octanol–water partition coefficient (Wildman–Crippen LogP) is 3.41. The van der Waals surface area contributed by atoms with E-state index >= 15 is 0 Å². The Bertz CT molecular complexity index is 916. The molecule has 0 spiro atoms. The lowest BCUT2D eigenvalue weighted by molar-refractivity contribution is 0.177. The SMILES string of the molecule is CC(C)NC(=O)N1CCCC(c2nccc3cnc4[nH]ccc4c23)C1. The first kappa shape index (κ1) is 15.9. The molecule has 2 amide bonds. The molecule has 0 saturated carbocycles. The highest BCUT2D eigenvalue weighted by Gasteiger charge is 2.27. The van der Waals surface area contributed by atoms with Gasteiger partial charge in [-0.3, -0.25) is 4.98 Å². The number of carbonyl (C=O) groups is 1. The number of hydrogen-bond donors (Lipinski definition) is 2. The van der Waals surface area contributed by atoms with E-state index in [9.17, 15) is 4.79 Å². The molecule has 3 aromatic heterocycles. The second kappa shape index (κ2) is 6.35. The van der Waals surface area contributed by atoms with Crippen molar-refractivity contribution in [1.29, 1.82) is 0 Å². The summed E-state index contributed by atoms with van der Waals surface area (Å²) in [5.74, 6) is 0.246. The highest BCUT2D eigenvalue weighted by atomic mass is 16.2. The minimum atomic E-state index is 0.0217. The van der Waals surface area contributed by atoms with E-state index in [1.807, 2.05) is 43.4 Å². The smallest absolute Gasteiger partial charge is 0.317 e. The van der Waals surface area contributed by atoms with E-state index in [4.69, 9.17) is 4.98 Å². The molecule has 4 heterocycles. The molecule has 130 valence electrons. The molecule has 1 saturated heterocycles. The maximum absolute atomic E-state index is 12.4. The molecule has 6 heteroatoms. The number of nitrogens with one attached hydrogen (secondary N) is 2. The van der Waals surface area contributed by atoms with E-state index < -0.39 is 0 Å². The zero-order valence-corrected chi connectivity index (χ0v) is 14.6. The maximum atomic E-state index is 12.4. The minimum absolute atomic E-state index is 0.0217. The number of H-pyrrole nitrogens is 1. The molecular formula is C19H23N5O. The van der Waals surface area contributed by atoms with Gasteiger partial charge in [-0.05, 0) is 38.8 Å². The van der Waals surface area contributed by atoms with Crippen LogP contribution in [0.25, 0.3) is 21.8 Å². The van der Waals surface area contributed by atoms with Crippen LogP contribution in [0, 0.1) is 0 Å². The van der Waals surface area contributed by atoms with Crippen LogP contribution in [-0.2, 0) is 0 Å². The first-order valence-corrected chi connectivity index (χ1v) is 8.89. The summed E-state index contributed by atoms with van der Waals surface area (Å²) in [5, 5.41) is 6.36. The summed E-state index contributed by atoms with van der Waals surface area (Å²) in [6.45, 7) is 5.49. The van der Waals surface area contributed by atoms with E-state index in [0.717, 1.165) is 46.9 Å². The third-order valence-electron chi connectivity index (χ3n) is 4.85. The number of piperidine rings is 1. The standard InChI is InChI=1S/C19H23N5O/c1-12(2)23-19(25)24-9-3-4-14(11-24)17-16-13(5-7-20-17)10-22-18-15(16)6-8-21-18/h5-8,10,12,14H,3-4,9,11H2,1-2H3,(H,21,22)(H,23,25). The molecule has 0 aromatic carbocycles. The molecule has 0 bridgehead atoms. The number of fused-ring (bicyclic) bond motifs is 3. The summed E-state index contributed by atoms with van der Waals surface area (Å²) in [5.41, 5.74) is 1.96. The molecule has 25 heavy (non-hydrogen) atoms. The van der Waals surface area contributed by atoms with E-state index in [-0.39, 0.29) is 18.0 Å². The Hall–Kier alpha value is -2.63. The molecular weight excluding hydrogens is 314 g/mol. The van der Waals surface area contributed by atoms with Gasteiger partial charge in [-0.2, -0.15) is 0 Å². The van der Waals surface area contributed by atoms with E-state index in [0.29, 0.717) is 6.54 Å². The number of carbonyl (C=O) groups excluding carboxylic acids is 1. The predicted molar refractivity (Wildman–Crippen MR) is 98.6 cm³/mol. The molecule has 2 N–H and O–H groups in total. The van der Waals surface area contributed by atoms with Gasteiger partial charge in [-0.15, -0.1) is 0 Å². The van der Waals surface area contributed by atoms with Crippen molar-refractivity contribution in [3.63, 3.8) is 0 Å². The summed E-state index contributed by atoms with van der Waals surface area (Å²) in [6.07, 6.45) is 7.70. The Kier molecular flexibility index (Phi) is 4.03. The minimum Gasteiger partial charge on any atom is -0.346 e. The summed E-state index contributed by atoms with van der Waals surface area (Å²) >= 11 is 0. The Balaban J connectivity index is 1.71. The fourth-order valence-corrected chi connectivity index (χ4v) is 3.73. The Morgan fingerprint density at radius 2 is 2.24 bits per heavy atom. The number of hydrogen-bond acceptors (Lipinski definition) is 3. The number of aromatic nitrogens is 3. The van der Waals surface area contributed by atoms with Gasteiger partial charge in [0.25, 0.3) is 0 Å². The van der Waals surface area contributed by atoms with Crippen molar-refractivity contribution < 1.29 is 4.79 Å². The van der Waals surface area contributed by atoms with Gasteiger partial charge in [-0.25, -0.2) is 9.78 Å². The van der Waals surface area contributed by atoms with E-state index in [1.54, 1.807) is 0 Å². The highest BCUT2D eigenvalue weighted by Crippen LogP contribution is 2.33. The third-order valence-corrected chi connectivity index (χ3v) is 4.85. The molecule has 3 aromatic rings. The molecule has 0 radical (unpaired) electrons. The largest absolute Gasteiger partial charge is 0.346 e. The molecule has 1 fully saturated rings. The molecule has 1 aliphatic rings. The van der Waals surface area contributed by atoms with Crippen molar-refractivity contribution >= 4 is 27.8 Å². The Labute approximate surface area is 146 Å². The van der Waals surface area contributed by atoms with Crippen LogP contribution in [0.15, 0.2) is 30.7 Å². The lowest BCUT2D eigenvalue weighted by Gasteiger charge is -2.33. The van der Waals surface area contributed by atoms with Crippen molar-refractivity contribution in [3.8, 4) is 0 Å². The lowest BCUT2D eigenvalue weighted by Crippen LogP contribution is -2.47. The lowest BCUT2D eigenvalue weighted by atomic mass is 9.91. The maximum Gasteiger partial charge on any atom is 0.317 e. The van der Waals surface area contributed by atoms with Crippen LogP contribution in [-0.4, -0.2) is 45.0 Å². The molecule has 4 rings (SSSR count). The quantitative estimate of drug-likeness (QED) is 0.752. The Morgan fingerprint density at radius 1 is 1.36 bits per heavy atom. The van der Waals surface area contributed by atoms with Crippen molar-refractivity contribution in [2.45, 2.75) is 38.6 Å². The zero-order chi connectivity index (χ0) is 17.4. The molecule has 1 atom stereocenters. The van der Waals surface area contributed by atoms with Crippen molar-refractivity contribution in [2.24, 2.45) is 0 Å². The van der Waals surface area contributed by atoms with Gasteiger partial charge in [0, 0.05) is 59.8 Å². The van der Waals surface area contributed by atoms with Gasteiger partial charge in [0.15, 0.2) is 0 Å². The van der Waals surface area contributed by atoms with Crippen LogP contribution < -0.4 is 5.32 Å². The van der Waals surface area contributed by atoms with Gasteiger partial charge < -0.3 is 15.2 Å². The highest BCUT2D eigenvalue weighted by molar-refractivity contribution is 6.05. The topological polar surface area (TPSA) is 73.9 Å². The van der Waals surface area contributed by atoms with Crippen LogP contribution in [0.2, 0.25) is 0 Å². The number of nitrogens with zero attached hydrogens (tertiary/aromatic N) is 3. The second-order valence-corrected chi connectivity index (χ2v) is 7.05. The number of pyridine rings is 2. The Morgan fingerprint density at radius 3 is 3.08 bits per heavy atom. The normalized spacial score (nSPS) is 18.2. The number of urea groups is 1. The monoisotopic (exact) mass is 337 g/mol. The molecule has 1 unspecified atom stereocenters. The fourth-order valence-electron chi connectivity index (χ4n) is 3.73. The van der Waals surface area contributed by atoms with Crippen molar-refractivity contribution in [1.82, 2.24) is 25.2 Å². The van der Waals surface area contributed by atoms with E-state index in [1.165, 1.54) is 0 Å². The number of rotatable bonds is 2. The number of likely N-dealkylation sites (tertiary alicyclic amines) is 1. The first-order valence-electron chi connectivity index (χ1n) is 8.89. The second-order valence-electron chi connectivity index (χ2n) is 7.05. The van der Waals surface area contributed by atoms with Crippen LogP contribution in [0.3, 0.4) is 0 Å². The third kappa shape index (κ3) is 2.92. The summed E-state index contributed by atoms with van der Waals surface area (Å²) in [7, 11) is 0. The van der Waals surface area contributed by atoms with E-state index in [2.05, 4.69) is 21.4 Å². The average Bonchev–Trinajstić information content (AvgIpc) is 3.09. The van der Waals surface area contributed by atoms with Crippen LogP contribution in [0.5, 0.6) is 0 Å². The molecule has 6 nitrogen and oxygen atoms in total. The summed E-state index contributed by atoms with van der Waals surface area (Å²) in [6, 6.07) is 4.23. The molecule has 1 aliphatic heterocycles. The van der Waals surface area contributed by atoms with Crippen molar-refractivity contribution in [2.75, 3.05) is 13.1 Å². The first-order chi connectivity index (χ1) is 12.1. The number of amides is 2. The molecule has 0 aliphatic carbocycles. The van der Waals surface area contributed by atoms with Crippen molar-refractivity contribution in [3.05, 3.63) is 36.4 Å². The van der Waals surface area contributed by atoms with Gasteiger partial charge in [0.2, 0.25) is 0 Å². The zero-order valence-electron chi connectivity index (χ0n) is 14.6. The van der Waals surface area contributed by atoms with Gasteiger partial charge >= 0.3 is 6.03 Å². The van der Waals surface area contributed by atoms with Gasteiger partial charge in [0.05, 0.1) is 5.69 Å². The summed E-state index contributed by atoms with van der Waals surface area (Å²) in [4.78, 5) is 26.7. The van der Waals surface area contributed by atoms with Crippen LogP contribution in [0.1, 0.15) is 38.3 Å².